The van der Waals surface area contributed by atoms with Gasteiger partial charge < -0.3 is 15.4 Å². The molecule has 2 N–H and O–H groups in total. The molecule has 5 rings (SSSR count). The molecule has 0 aromatic heterocycles. The summed E-state index contributed by atoms with van der Waals surface area (Å²) in [4.78, 5) is 63.9. The lowest BCUT2D eigenvalue weighted by Gasteiger charge is -2.28. The molecule has 204 valence electrons. The van der Waals surface area contributed by atoms with Crippen LogP contribution < -0.4 is 15.5 Å². The lowest BCUT2D eigenvalue weighted by atomic mass is 9.73. The molecular weight excluding hydrogens is 510 g/mol. The summed E-state index contributed by atoms with van der Waals surface area (Å²) in [5, 5.41) is 5.24. The third-order valence-electron chi connectivity index (χ3n) is 7.36. The van der Waals surface area contributed by atoms with Crippen molar-refractivity contribution in [2.45, 2.75) is 32.1 Å². The molecule has 0 bridgehead atoms. The Labute approximate surface area is 231 Å². The molecule has 0 unspecified atom stereocenters. The third-order valence-corrected chi connectivity index (χ3v) is 7.36. The molecule has 1 aliphatic heterocycles. The van der Waals surface area contributed by atoms with Gasteiger partial charge in [-0.05, 0) is 73.2 Å². The lowest BCUT2D eigenvalue weighted by Crippen LogP contribution is -2.31. The highest BCUT2D eigenvalue weighted by Gasteiger charge is 2.50. The summed E-state index contributed by atoms with van der Waals surface area (Å²) >= 11 is 0. The molecule has 2 aliphatic rings. The summed E-state index contributed by atoms with van der Waals surface area (Å²) in [6.07, 6.45) is 2.09. The molecule has 4 amide bonds. The highest BCUT2D eigenvalue weighted by atomic mass is 16.5. The Balaban J connectivity index is 1.20. The van der Waals surface area contributed by atoms with E-state index in [0.29, 0.717) is 29.9 Å². The first-order valence-electron chi connectivity index (χ1n) is 13.2. The van der Waals surface area contributed by atoms with Gasteiger partial charge in [0, 0.05) is 18.3 Å². The third kappa shape index (κ3) is 5.78. The van der Waals surface area contributed by atoms with Gasteiger partial charge in [-0.2, -0.15) is 0 Å². The number of rotatable bonds is 7. The van der Waals surface area contributed by atoms with E-state index in [9.17, 15) is 24.0 Å². The molecule has 1 saturated carbocycles. The molecule has 0 spiro atoms. The molecule has 40 heavy (non-hydrogen) atoms. The van der Waals surface area contributed by atoms with Gasteiger partial charge >= 0.3 is 5.97 Å². The van der Waals surface area contributed by atoms with Crippen molar-refractivity contribution in [3.63, 3.8) is 0 Å². The number of carbonyl (C=O) groups is 5. The number of hydrogen-bond donors (Lipinski definition) is 2. The predicted molar refractivity (Wildman–Crippen MR) is 149 cm³/mol. The lowest BCUT2D eigenvalue weighted by molar-refractivity contribution is -0.122. The summed E-state index contributed by atoms with van der Waals surface area (Å²) in [6.45, 7) is 0.872. The fourth-order valence-corrected chi connectivity index (χ4v) is 5.49. The Bertz CT molecular complexity index is 1450. The zero-order chi connectivity index (χ0) is 28.2. The van der Waals surface area contributed by atoms with Crippen LogP contribution in [0.2, 0.25) is 0 Å². The molecule has 3 atom stereocenters. The summed E-state index contributed by atoms with van der Waals surface area (Å²) in [5.41, 5.74) is 2.68. The standard InChI is InChI=1S/C31H29N3O6/c1-19(35)32-23-11-13-24(14-12-23)33-28(36)18-40-31(39)22-8-5-9-25(16-22)34-29(37)26-15-10-21(17-27(26)30(34)38)20-6-3-2-4-7-20/h2-9,11-14,16,21,26-27H,10,15,17-18H2,1H3,(H,32,35)(H,33,36)/t21-,26-,27-/m1/s1. The molecule has 9 heteroatoms. The largest absolute Gasteiger partial charge is 0.452 e. The normalized spacial score (nSPS) is 20.0. The average Bonchev–Trinajstić information content (AvgIpc) is 3.21. The van der Waals surface area contributed by atoms with Gasteiger partial charge in [-0.1, -0.05) is 36.4 Å². The second-order valence-corrected chi connectivity index (χ2v) is 10.1. The predicted octanol–water partition coefficient (Wildman–Crippen LogP) is 4.51. The number of ether oxygens (including phenoxy) is 1. The fraction of sp³-hybridized carbons (Fsp3) is 0.258. The van der Waals surface area contributed by atoms with Crippen molar-refractivity contribution < 1.29 is 28.7 Å². The van der Waals surface area contributed by atoms with E-state index in [1.54, 1.807) is 36.4 Å². The molecule has 2 fully saturated rings. The molecule has 1 saturated heterocycles. The van der Waals surface area contributed by atoms with Crippen LogP contribution in [0.3, 0.4) is 0 Å². The van der Waals surface area contributed by atoms with E-state index < -0.39 is 24.4 Å². The van der Waals surface area contributed by atoms with Crippen LogP contribution in [0.4, 0.5) is 17.1 Å². The number of fused-ring (bicyclic) bond motifs is 1. The molecule has 3 aromatic carbocycles. The van der Waals surface area contributed by atoms with E-state index in [-0.39, 0.29) is 35.1 Å². The van der Waals surface area contributed by atoms with Crippen LogP contribution in [0.5, 0.6) is 0 Å². The minimum absolute atomic E-state index is 0.127. The summed E-state index contributed by atoms with van der Waals surface area (Å²) in [6, 6.07) is 22.7. The average molecular weight is 540 g/mol. The molecule has 0 radical (unpaired) electrons. The van der Waals surface area contributed by atoms with Crippen molar-refractivity contribution in [2.24, 2.45) is 11.8 Å². The van der Waals surface area contributed by atoms with Gasteiger partial charge in [0.2, 0.25) is 17.7 Å². The van der Waals surface area contributed by atoms with E-state index in [1.165, 1.54) is 29.5 Å². The number of benzene rings is 3. The first-order valence-corrected chi connectivity index (χ1v) is 13.2. The van der Waals surface area contributed by atoms with Crippen LogP contribution >= 0.6 is 0 Å². The Morgan fingerprint density at radius 2 is 1.50 bits per heavy atom. The second kappa shape index (κ2) is 11.5. The highest BCUT2D eigenvalue weighted by molar-refractivity contribution is 6.22. The van der Waals surface area contributed by atoms with E-state index in [1.807, 2.05) is 18.2 Å². The molecule has 1 heterocycles. The number of hydrogen-bond acceptors (Lipinski definition) is 6. The number of amides is 4. The maximum absolute atomic E-state index is 13.4. The van der Waals surface area contributed by atoms with Gasteiger partial charge in [-0.15, -0.1) is 0 Å². The summed E-state index contributed by atoms with van der Waals surface area (Å²) in [5.74, 6) is -2.52. The van der Waals surface area contributed by atoms with Gasteiger partial charge in [0.05, 0.1) is 23.1 Å². The number of imide groups is 1. The van der Waals surface area contributed by atoms with Crippen LogP contribution in [0.1, 0.15) is 48.0 Å². The van der Waals surface area contributed by atoms with Crippen LogP contribution in [0.15, 0.2) is 78.9 Å². The van der Waals surface area contributed by atoms with Gasteiger partial charge in [0.15, 0.2) is 6.61 Å². The van der Waals surface area contributed by atoms with Crippen molar-refractivity contribution in [3.8, 4) is 0 Å². The van der Waals surface area contributed by atoms with Gasteiger partial charge in [0.25, 0.3) is 5.91 Å². The van der Waals surface area contributed by atoms with Crippen molar-refractivity contribution in [2.75, 3.05) is 22.1 Å². The Morgan fingerprint density at radius 1 is 0.825 bits per heavy atom. The summed E-state index contributed by atoms with van der Waals surface area (Å²) < 4.78 is 5.17. The molecule has 9 nitrogen and oxygen atoms in total. The topological polar surface area (TPSA) is 122 Å². The van der Waals surface area contributed by atoms with Gasteiger partial charge in [0.1, 0.15) is 0 Å². The monoisotopic (exact) mass is 539 g/mol. The smallest absolute Gasteiger partial charge is 0.338 e. The Morgan fingerprint density at radius 3 is 2.20 bits per heavy atom. The highest BCUT2D eigenvalue weighted by Crippen LogP contribution is 2.45. The number of esters is 1. The van der Waals surface area contributed by atoms with Crippen LogP contribution in [0, 0.1) is 11.8 Å². The van der Waals surface area contributed by atoms with Crippen molar-refractivity contribution in [1.82, 2.24) is 0 Å². The Hall–Kier alpha value is -4.79. The zero-order valence-electron chi connectivity index (χ0n) is 22.0. The van der Waals surface area contributed by atoms with Crippen LogP contribution in [0.25, 0.3) is 0 Å². The number of anilines is 3. The van der Waals surface area contributed by atoms with Crippen molar-refractivity contribution in [1.29, 1.82) is 0 Å². The number of nitrogens with zero attached hydrogens (tertiary/aromatic N) is 1. The second-order valence-electron chi connectivity index (χ2n) is 10.1. The number of nitrogens with one attached hydrogen (secondary N) is 2. The minimum Gasteiger partial charge on any atom is -0.452 e. The van der Waals surface area contributed by atoms with E-state index >= 15 is 0 Å². The van der Waals surface area contributed by atoms with Crippen LogP contribution in [-0.4, -0.2) is 36.2 Å². The van der Waals surface area contributed by atoms with Crippen LogP contribution in [-0.2, 0) is 23.9 Å². The maximum Gasteiger partial charge on any atom is 0.338 e. The van der Waals surface area contributed by atoms with Crippen molar-refractivity contribution >= 4 is 46.7 Å². The zero-order valence-corrected chi connectivity index (χ0v) is 22.0. The van der Waals surface area contributed by atoms with E-state index in [0.717, 1.165) is 6.42 Å². The van der Waals surface area contributed by atoms with Gasteiger partial charge in [-0.3, -0.25) is 24.1 Å². The summed E-state index contributed by atoms with van der Waals surface area (Å²) in [7, 11) is 0. The van der Waals surface area contributed by atoms with Gasteiger partial charge in [-0.25, -0.2) is 4.79 Å². The maximum atomic E-state index is 13.4. The van der Waals surface area contributed by atoms with Crippen molar-refractivity contribution in [3.05, 3.63) is 90.0 Å². The molecule has 1 aliphatic carbocycles. The minimum atomic E-state index is -0.751. The molecular formula is C31H29N3O6. The van der Waals surface area contributed by atoms with E-state index in [4.69, 9.17) is 4.74 Å². The first-order chi connectivity index (χ1) is 19.3. The molecule has 3 aromatic rings. The van der Waals surface area contributed by atoms with E-state index in [2.05, 4.69) is 22.8 Å². The Kier molecular flexibility index (Phi) is 7.72. The first kappa shape index (κ1) is 26.8. The quantitative estimate of drug-likeness (QED) is 0.337. The SMILES string of the molecule is CC(=O)Nc1ccc(NC(=O)COC(=O)c2cccc(N3C(=O)[C@@H]4CC[C@@H](c5ccccc5)C[C@H]4C3=O)c2)cc1. The number of carbonyl (C=O) groups excluding carboxylic acids is 5. The fourth-order valence-electron chi connectivity index (χ4n) is 5.49.